The van der Waals surface area contributed by atoms with Gasteiger partial charge in [0.15, 0.2) is 0 Å². The molecule has 0 fully saturated rings. The maximum absolute atomic E-state index is 13.6. The Balaban J connectivity index is 1.97. The van der Waals surface area contributed by atoms with Gasteiger partial charge in [-0.1, -0.05) is 48.9 Å². The van der Waals surface area contributed by atoms with Crippen molar-refractivity contribution in [2.75, 3.05) is 11.4 Å². The highest BCUT2D eigenvalue weighted by atomic mass is 16.3. The number of hydrogen-bond acceptors (Lipinski definition) is 3. The molecule has 2 N–H and O–H groups in total. The van der Waals surface area contributed by atoms with Crippen LogP contribution in [0.2, 0.25) is 0 Å². The number of rotatable bonds is 4. The number of benzene rings is 2. The van der Waals surface area contributed by atoms with E-state index in [4.69, 9.17) is 0 Å². The summed E-state index contributed by atoms with van der Waals surface area (Å²) in [6.07, 6.45) is 5.82. The van der Waals surface area contributed by atoms with Crippen LogP contribution in [-0.2, 0) is 0 Å². The summed E-state index contributed by atoms with van der Waals surface area (Å²) in [6, 6.07) is 10.7. The fraction of sp³-hybridized carbons (Fsp3) is 0.393. The molecule has 0 aromatic heterocycles. The van der Waals surface area contributed by atoms with Gasteiger partial charge < -0.3 is 15.1 Å². The van der Waals surface area contributed by atoms with Crippen LogP contribution in [0, 0.1) is 5.92 Å². The Morgan fingerprint density at radius 3 is 2.47 bits per heavy atom. The highest BCUT2D eigenvalue weighted by molar-refractivity contribution is 6.08. The zero-order valence-electron chi connectivity index (χ0n) is 19.3. The summed E-state index contributed by atoms with van der Waals surface area (Å²) in [7, 11) is 0. The first-order valence-electron chi connectivity index (χ1n) is 11.6. The second-order valence-corrected chi connectivity index (χ2v) is 9.34. The third-order valence-electron chi connectivity index (χ3n) is 7.19. The molecule has 0 saturated heterocycles. The van der Waals surface area contributed by atoms with E-state index in [2.05, 4.69) is 26.5 Å². The molecule has 2 aromatic rings. The van der Waals surface area contributed by atoms with Crippen LogP contribution in [-0.4, -0.2) is 22.7 Å². The Bertz CT molecular complexity index is 1070. The summed E-state index contributed by atoms with van der Waals surface area (Å²) in [5, 5.41) is 22.1. The summed E-state index contributed by atoms with van der Waals surface area (Å²) in [4.78, 5) is 15.4. The molecule has 4 heteroatoms. The van der Waals surface area contributed by atoms with Crippen molar-refractivity contribution < 1.29 is 15.0 Å². The van der Waals surface area contributed by atoms with Crippen LogP contribution in [0.25, 0.3) is 0 Å². The SMILES string of the molecule is C=C(C)[C@@H]1CCC(C)=C[C@H]1c1c(O)cc(O)c2c1N(C(=O)c1ccccc1)CC[C@H]2CC. The van der Waals surface area contributed by atoms with Crippen LogP contribution in [0.3, 0.4) is 0 Å². The third-order valence-corrected chi connectivity index (χ3v) is 7.19. The molecular formula is C28H33NO3. The molecule has 1 aliphatic carbocycles. The van der Waals surface area contributed by atoms with E-state index in [0.717, 1.165) is 42.4 Å². The van der Waals surface area contributed by atoms with Crippen molar-refractivity contribution in [2.45, 2.75) is 58.3 Å². The summed E-state index contributed by atoms with van der Waals surface area (Å²) in [5.74, 6) is 0.247. The van der Waals surface area contributed by atoms with Gasteiger partial charge in [0.2, 0.25) is 0 Å². The molecule has 4 nitrogen and oxygen atoms in total. The van der Waals surface area contributed by atoms with Gasteiger partial charge in [-0.15, -0.1) is 0 Å². The van der Waals surface area contributed by atoms with Gasteiger partial charge in [-0.2, -0.15) is 0 Å². The van der Waals surface area contributed by atoms with Gasteiger partial charge in [0.25, 0.3) is 5.91 Å². The van der Waals surface area contributed by atoms with Crippen LogP contribution < -0.4 is 4.90 Å². The number of phenols is 2. The number of fused-ring (bicyclic) bond motifs is 1. The number of hydrogen-bond donors (Lipinski definition) is 2. The van der Waals surface area contributed by atoms with Gasteiger partial charge in [-0.05, 0) is 63.5 Å². The van der Waals surface area contributed by atoms with E-state index >= 15 is 0 Å². The van der Waals surface area contributed by atoms with Crippen molar-refractivity contribution >= 4 is 11.6 Å². The Morgan fingerprint density at radius 2 is 1.81 bits per heavy atom. The summed E-state index contributed by atoms with van der Waals surface area (Å²) >= 11 is 0. The van der Waals surface area contributed by atoms with Crippen molar-refractivity contribution in [3.05, 3.63) is 76.9 Å². The highest BCUT2D eigenvalue weighted by Crippen LogP contribution is 2.53. The minimum absolute atomic E-state index is 0.0473. The maximum atomic E-state index is 13.6. The normalized spacial score (nSPS) is 22.8. The Kier molecular flexibility index (Phi) is 6.14. The molecule has 1 aliphatic heterocycles. The molecule has 0 spiro atoms. The van der Waals surface area contributed by atoms with E-state index in [0.29, 0.717) is 17.8 Å². The van der Waals surface area contributed by atoms with E-state index in [1.807, 2.05) is 37.3 Å². The van der Waals surface area contributed by atoms with Crippen LogP contribution in [0.4, 0.5) is 5.69 Å². The van der Waals surface area contributed by atoms with Gasteiger partial charge in [-0.25, -0.2) is 0 Å². The molecule has 1 heterocycles. The fourth-order valence-corrected chi connectivity index (χ4v) is 5.49. The molecule has 168 valence electrons. The first-order valence-corrected chi connectivity index (χ1v) is 11.6. The van der Waals surface area contributed by atoms with Gasteiger partial charge in [0.05, 0.1) is 5.69 Å². The zero-order valence-corrected chi connectivity index (χ0v) is 19.3. The Labute approximate surface area is 190 Å². The number of anilines is 1. The van der Waals surface area contributed by atoms with Crippen molar-refractivity contribution in [3.63, 3.8) is 0 Å². The lowest BCUT2D eigenvalue weighted by Crippen LogP contribution is -2.38. The number of amides is 1. The minimum atomic E-state index is -0.101. The Hall–Kier alpha value is -3.01. The number of nitrogens with zero attached hydrogens (tertiary/aromatic N) is 1. The lowest BCUT2D eigenvalue weighted by molar-refractivity contribution is 0.0983. The second kappa shape index (κ2) is 8.85. The molecule has 3 atom stereocenters. The zero-order chi connectivity index (χ0) is 23.0. The van der Waals surface area contributed by atoms with Crippen molar-refractivity contribution in [1.82, 2.24) is 0 Å². The maximum Gasteiger partial charge on any atom is 0.258 e. The summed E-state index contributed by atoms with van der Waals surface area (Å²) < 4.78 is 0. The van der Waals surface area contributed by atoms with Gasteiger partial charge >= 0.3 is 0 Å². The quantitative estimate of drug-likeness (QED) is 0.532. The molecule has 32 heavy (non-hydrogen) atoms. The monoisotopic (exact) mass is 431 g/mol. The predicted molar refractivity (Wildman–Crippen MR) is 130 cm³/mol. The third kappa shape index (κ3) is 3.83. The smallest absolute Gasteiger partial charge is 0.258 e. The topological polar surface area (TPSA) is 60.8 Å². The highest BCUT2D eigenvalue weighted by Gasteiger charge is 2.38. The molecule has 0 bridgehead atoms. The number of carbonyl (C=O) groups excluding carboxylic acids is 1. The van der Waals surface area contributed by atoms with E-state index in [1.54, 1.807) is 4.90 Å². The molecule has 1 amide bonds. The molecule has 0 saturated carbocycles. The Morgan fingerprint density at radius 1 is 1.12 bits per heavy atom. The van der Waals surface area contributed by atoms with Crippen LogP contribution in [0.1, 0.15) is 79.8 Å². The van der Waals surface area contributed by atoms with Crippen molar-refractivity contribution in [2.24, 2.45) is 5.92 Å². The number of allylic oxidation sites excluding steroid dienone is 3. The standard InChI is InChI=1S/C28H33NO3/c1-5-19-13-14-29(28(32)20-9-7-6-8-10-20)27-25(19)23(30)16-24(31)26(27)22-15-18(4)11-12-21(22)17(2)3/h6-10,15-16,19,21-22,30-31H,2,5,11-14H2,1,3-4H3/t19-,21+,22-/m1/s1. The van der Waals surface area contributed by atoms with E-state index in [-0.39, 0.29) is 35.2 Å². The fourth-order valence-electron chi connectivity index (χ4n) is 5.49. The van der Waals surface area contributed by atoms with E-state index in [1.165, 1.54) is 11.6 Å². The number of carbonyl (C=O) groups is 1. The van der Waals surface area contributed by atoms with E-state index < -0.39 is 0 Å². The van der Waals surface area contributed by atoms with Gasteiger partial charge in [-0.3, -0.25) is 4.79 Å². The predicted octanol–water partition coefficient (Wildman–Crippen LogP) is 6.66. The average molecular weight is 432 g/mol. The molecule has 0 unspecified atom stereocenters. The summed E-state index contributed by atoms with van der Waals surface area (Å²) in [6.45, 7) is 11.1. The summed E-state index contributed by atoms with van der Waals surface area (Å²) in [5.41, 5.74) is 5.17. The van der Waals surface area contributed by atoms with Crippen molar-refractivity contribution in [3.8, 4) is 11.5 Å². The van der Waals surface area contributed by atoms with E-state index in [9.17, 15) is 15.0 Å². The lowest BCUT2D eigenvalue weighted by Gasteiger charge is -2.40. The minimum Gasteiger partial charge on any atom is -0.507 e. The van der Waals surface area contributed by atoms with Gasteiger partial charge in [0.1, 0.15) is 11.5 Å². The first-order chi connectivity index (χ1) is 15.3. The average Bonchev–Trinajstić information content (AvgIpc) is 2.78. The van der Waals surface area contributed by atoms with Gasteiger partial charge in [0, 0.05) is 35.2 Å². The lowest BCUT2D eigenvalue weighted by atomic mass is 9.72. The van der Waals surface area contributed by atoms with Crippen molar-refractivity contribution in [1.29, 1.82) is 0 Å². The number of phenolic OH excluding ortho intramolecular Hbond substituents is 2. The molecule has 2 aliphatic rings. The van der Waals surface area contributed by atoms with Crippen LogP contribution >= 0.6 is 0 Å². The second-order valence-electron chi connectivity index (χ2n) is 9.34. The molecular weight excluding hydrogens is 398 g/mol. The van der Waals surface area contributed by atoms with Crippen LogP contribution in [0.5, 0.6) is 11.5 Å². The molecule has 2 aromatic carbocycles. The van der Waals surface area contributed by atoms with Crippen LogP contribution in [0.15, 0.2) is 60.2 Å². The molecule has 4 rings (SSSR count). The first kappa shape index (κ1) is 22.2. The number of aromatic hydroxyl groups is 2. The molecule has 0 radical (unpaired) electrons. The largest absolute Gasteiger partial charge is 0.507 e.